The van der Waals surface area contributed by atoms with E-state index in [2.05, 4.69) is 15.3 Å². The van der Waals surface area contributed by atoms with Crippen LogP contribution in [-0.4, -0.2) is 34.2 Å². The Balaban J connectivity index is 1.74. The van der Waals surface area contributed by atoms with E-state index in [1.165, 1.54) is 11.3 Å². The lowest BCUT2D eigenvalue weighted by Gasteiger charge is -2.38. The van der Waals surface area contributed by atoms with Gasteiger partial charge in [0.25, 0.3) is 0 Å². The maximum absolute atomic E-state index is 12.3. The van der Waals surface area contributed by atoms with Gasteiger partial charge in [-0.25, -0.2) is 4.98 Å². The van der Waals surface area contributed by atoms with Crippen LogP contribution in [0.5, 0.6) is 5.75 Å². The maximum atomic E-state index is 12.3. The monoisotopic (exact) mass is 333 g/mol. The highest BCUT2D eigenvalue weighted by molar-refractivity contribution is 7.07. The lowest BCUT2D eigenvalue weighted by molar-refractivity contribution is -0.122. The number of ether oxygens (including phenoxy) is 1. The second-order valence-corrected chi connectivity index (χ2v) is 6.46. The molecule has 23 heavy (non-hydrogen) atoms. The molecule has 1 atom stereocenters. The van der Waals surface area contributed by atoms with Crippen molar-refractivity contribution in [2.24, 2.45) is 5.92 Å². The molecule has 122 valence electrons. The van der Waals surface area contributed by atoms with Crippen molar-refractivity contribution in [3.8, 4) is 5.75 Å². The third kappa shape index (κ3) is 3.86. The van der Waals surface area contributed by atoms with Crippen LogP contribution in [0.2, 0.25) is 0 Å². The molecule has 2 aromatic rings. The largest absolute Gasteiger partial charge is 0.495 e. The first-order valence-corrected chi connectivity index (χ1v) is 8.43. The van der Waals surface area contributed by atoms with Crippen molar-refractivity contribution >= 4 is 17.2 Å². The summed E-state index contributed by atoms with van der Waals surface area (Å²) in [5.74, 6) is 0.782. The average Bonchev–Trinajstić information content (AvgIpc) is 3.03. The number of thiazole rings is 1. The molecule has 0 bridgehead atoms. The summed E-state index contributed by atoms with van der Waals surface area (Å²) in [4.78, 5) is 20.6. The van der Waals surface area contributed by atoms with E-state index in [1.54, 1.807) is 25.0 Å². The van der Waals surface area contributed by atoms with Crippen LogP contribution in [0.25, 0.3) is 0 Å². The predicted molar refractivity (Wildman–Crippen MR) is 86.2 cm³/mol. The third-order valence-corrected chi connectivity index (χ3v) is 4.73. The second-order valence-electron chi connectivity index (χ2n) is 5.75. The van der Waals surface area contributed by atoms with Crippen LogP contribution in [0.15, 0.2) is 29.4 Å². The highest BCUT2D eigenvalue weighted by Gasteiger charge is 2.36. The number of nitrogens with zero attached hydrogens (tertiary/aromatic N) is 2. The van der Waals surface area contributed by atoms with Crippen LogP contribution in [0, 0.1) is 5.92 Å². The maximum Gasteiger partial charge on any atom is 0.226 e. The molecule has 7 heteroatoms. The van der Waals surface area contributed by atoms with Gasteiger partial charge in [-0.15, -0.1) is 11.3 Å². The van der Waals surface area contributed by atoms with Crippen LogP contribution >= 0.6 is 11.3 Å². The molecule has 0 aromatic carbocycles. The minimum atomic E-state index is -0.281. The van der Waals surface area contributed by atoms with E-state index in [4.69, 9.17) is 4.74 Å². The van der Waals surface area contributed by atoms with E-state index in [0.29, 0.717) is 18.6 Å². The smallest absolute Gasteiger partial charge is 0.226 e. The number of aromatic nitrogens is 2. The molecule has 2 aromatic heterocycles. The van der Waals surface area contributed by atoms with E-state index in [0.717, 1.165) is 11.3 Å². The molecule has 1 saturated carbocycles. The number of aliphatic hydroxyl groups is 1. The van der Waals surface area contributed by atoms with Gasteiger partial charge in [-0.3, -0.25) is 9.78 Å². The van der Waals surface area contributed by atoms with Gasteiger partial charge < -0.3 is 15.2 Å². The van der Waals surface area contributed by atoms with E-state index in [-0.39, 0.29) is 30.4 Å². The molecule has 2 N–H and O–H groups in total. The quantitative estimate of drug-likeness (QED) is 0.841. The number of aliphatic hydroxyl groups excluding tert-OH is 1. The Kier molecular flexibility index (Phi) is 4.88. The van der Waals surface area contributed by atoms with Crippen molar-refractivity contribution in [2.45, 2.75) is 31.4 Å². The van der Waals surface area contributed by atoms with Gasteiger partial charge in [0.05, 0.1) is 43.1 Å². The van der Waals surface area contributed by atoms with Crippen LogP contribution in [-0.2, 0) is 11.2 Å². The summed E-state index contributed by atoms with van der Waals surface area (Å²) in [7, 11) is 1.59. The number of carbonyl (C=O) groups excluding carboxylic acids is 1. The third-order valence-electron chi connectivity index (χ3n) is 4.09. The molecule has 3 rings (SSSR count). The van der Waals surface area contributed by atoms with Crippen LogP contribution < -0.4 is 10.1 Å². The Labute approximate surface area is 138 Å². The molecule has 6 nitrogen and oxygen atoms in total. The van der Waals surface area contributed by atoms with Gasteiger partial charge in [0.15, 0.2) is 0 Å². The zero-order valence-corrected chi connectivity index (χ0v) is 13.6. The van der Waals surface area contributed by atoms with Gasteiger partial charge in [0, 0.05) is 11.6 Å². The number of nitrogens with one attached hydrogen (secondary N) is 1. The number of hydrogen-bond donors (Lipinski definition) is 2. The van der Waals surface area contributed by atoms with Crippen molar-refractivity contribution in [3.63, 3.8) is 0 Å². The van der Waals surface area contributed by atoms with E-state index in [9.17, 15) is 9.90 Å². The molecule has 0 unspecified atom stereocenters. The van der Waals surface area contributed by atoms with Crippen molar-refractivity contribution in [2.75, 3.05) is 7.11 Å². The Morgan fingerprint density at radius 1 is 1.52 bits per heavy atom. The lowest BCUT2D eigenvalue weighted by Crippen LogP contribution is -2.42. The number of pyridine rings is 1. The Morgan fingerprint density at radius 2 is 2.35 bits per heavy atom. The standard InChI is InChI=1S/C16H19N3O3S/c1-22-14-4-11(6-17-7-14)16(10-2-13(20)3-10)19-15(21)5-12-8-23-9-18-12/h4,6-10,13,16,20H,2-3,5H2,1H3,(H,19,21)/t10?,13?,16-/m0/s1. The van der Waals surface area contributed by atoms with Crippen molar-refractivity contribution < 1.29 is 14.6 Å². The van der Waals surface area contributed by atoms with Crippen molar-refractivity contribution in [3.05, 3.63) is 40.6 Å². The summed E-state index contributed by atoms with van der Waals surface area (Å²) >= 11 is 1.47. The minimum absolute atomic E-state index is 0.0786. The summed E-state index contributed by atoms with van der Waals surface area (Å²) in [6.07, 6.45) is 4.70. The topological polar surface area (TPSA) is 84.3 Å². The molecule has 0 saturated heterocycles. The normalized spacial score (nSPS) is 21.3. The van der Waals surface area contributed by atoms with Gasteiger partial charge >= 0.3 is 0 Å². The fraction of sp³-hybridized carbons (Fsp3) is 0.438. The van der Waals surface area contributed by atoms with Crippen LogP contribution in [0.1, 0.15) is 30.1 Å². The number of rotatable bonds is 6. The number of methoxy groups -OCH3 is 1. The van der Waals surface area contributed by atoms with Gasteiger partial charge in [-0.05, 0) is 30.4 Å². The highest BCUT2D eigenvalue weighted by Crippen LogP contribution is 2.38. The molecule has 1 fully saturated rings. The fourth-order valence-electron chi connectivity index (χ4n) is 2.81. The zero-order chi connectivity index (χ0) is 16.2. The van der Waals surface area contributed by atoms with Crippen LogP contribution in [0.3, 0.4) is 0 Å². The van der Waals surface area contributed by atoms with Crippen molar-refractivity contribution in [1.29, 1.82) is 0 Å². The summed E-state index contributed by atoms with van der Waals surface area (Å²) < 4.78 is 5.21. The van der Waals surface area contributed by atoms with Gasteiger partial charge in [-0.2, -0.15) is 0 Å². The SMILES string of the molecule is COc1cncc([C@@H](NC(=O)Cc2cscn2)C2CC(O)C2)c1. The molecule has 0 aliphatic heterocycles. The summed E-state index contributed by atoms with van der Waals surface area (Å²) in [6, 6.07) is 1.71. The van der Waals surface area contributed by atoms with Gasteiger partial charge in [0.1, 0.15) is 5.75 Å². The Bertz CT molecular complexity index is 656. The van der Waals surface area contributed by atoms with Crippen LogP contribution in [0.4, 0.5) is 0 Å². The minimum Gasteiger partial charge on any atom is -0.495 e. The first-order valence-electron chi connectivity index (χ1n) is 7.49. The summed E-state index contributed by atoms with van der Waals surface area (Å²) in [5, 5.41) is 14.5. The molecule has 0 radical (unpaired) electrons. The molecule has 1 aliphatic rings. The molecular formula is C16H19N3O3S. The van der Waals surface area contributed by atoms with Gasteiger partial charge in [-0.1, -0.05) is 0 Å². The van der Waals surface area contributed by atoms with E-state index < -0.39 is 0 Å². The first kappa shape index (κ1) is 15.9. The lowest BCUT2D eigenvalue weighted by atomic mass is 9.75. The van der Waals surface area contributed by atoms with E-state index in [1.807, 2.05) is 11.4 Å². The summed E-state index contributed by atoms with van der Waals surface area (Å²) in [6.45, 7) is 0. The van der Waals surface area contributed by atoms with E-state index >= 15 is 0 Å². The molecule has 1 amide bonds. The number of hydrogen-bond acceptors (Lipinski definition) is 6. The summed E-state index contributed by atoms with van der Waals surface area (Å²) in [5.41, 5.74) is 3.38. The molecule has 0 spiro atoms. The Morgan fingerprint density at radius 3 is 3.00 bits per heavy atom. The Hall–Kier alpha value is -1.99. The van der Waals surface area contributed by atoms with Crippen molar-refractivity contribution in [1.82, 2.24) is 15.3 Å². The number of carbonyl (C=O) groups is 1. The molecular weight excluding hydrogens is 314 g/mol. The average molecular weight is 333 g/mol. The number of amides is 1. The molecule has 2 heterocycles. The highest BCUT2D eigenvalue weighted by atomic mass is 32.1. The predicted octanol–water partition coefficient (Wildman–Crippen LogP) is 1.72. The molecule has 1 aliphatic carbocycles. The van der Waals surface area contributed by atoms with Gasteiger partial charge in [0.2, 0.25) is 5.91 Å². The second kappa shape index (κ2) is 7.06. The first-order chi connectivity index (χ1) is 11.2. The zero-order valence-electron chi connectivity index (χ0n) is 12.8. The fourth-order valence-corrected chi connectivity index (χ4v) is 3.36.